The second-order valence-electron chi connectivity index (χ2n) is 16.7. The fourth-order valence-electron chi connectivity index (χ4n) is 7.70. The Morgan fingerprint density at radius 2 is 0.770 bits per heavy atom. The summed E-state index contributed by atoms with van der Waals surface area (Å²) in [6, 6.07) is 0. The summed E-state index contributed by atoms with van der Waals surface area (Å²) in [7, 11) is 0. The lowest BCUT2D eigenvalue weighted by molar-refractivity contribution is -0.142. The first kappa shape index (κ1) is 57.3. The van der Waals surface area contributed by atoms with Gasteiger partial charge < -0.3 is 36.4 Å². The molecule has 0 aromatic rings. The maximum atomic E-state index is 13.5. The average Bonchev–Trinajstić information content (AvgIpc) is 3.21. The van der Waals surface area contributed by atoms with Gasteiger partial charge in [-0.15, -0.1) is 0 Å². The average molecular weight is 864 g/mol. The molecule has 13 heteroatoms. The third kappa shape index (κ3) is 35.5. The van der Waals surface area contributed by atoms with Gasteiger partial charge in [0.05, 0.1) is 24.7 Å². The van der Waals surface area contributed by atoms with Crippen molar-refractivity contribution in [3.8, 4) is 0 Å². The number of nitrogens with one attached hydrogen (secondary N) is 3. The zero-order valence-corrected chi connectivity index (χ0v) is 38.0. The topological polar surface area (TPSA) is 219 Å². The molecule has 2 amide bonds. The lowest BCUT2D eigenvalue weighted by Crippen LogP contribution is -2.42. The summed E-state index contributed by atoms with van der Waals surface area (Å²) in [5.74, 6) is -6.08. The Labute approximate surface area is 367 Å². The first-order valence-electron chi connectivity index (χ1n) is 23.9. The van der Waals surface area contributed by atoms with E-state index < -0.39 is 35.7 Å². The highest BCUT2D eigenvalue weighted by molar-refractivity contribution is 5.84. The Hall–Kier alpha value is -3.74. The molecule has 61 heavy (non-hydrogen) atoms. The van der Waals surface area contributed by atoms with E-state index in [1.807, 2.05) is 24.3 Å². The molecule has 0 rings (SSSR count). The van der Waals surface area contributed by atoms with Crippen molar-refractivity contribution >= 4 is 35.7 Å². The van der Waals surface area contributed by atoms with Crippen LogP contribution in [0.3, 0.4) is 0 Å². The van der Waals surface area contributed by atoms with E-state index in [4.69, 9.17) is 10.2 Å². The first-order chi connectivity index (χ1) is 29.4. The molecular weight excluding hydrogens is 779 g/mol. The molecule has 0 aliphatic rings. The normalized spacial score (nSPS) is 13.5. The molecule has 0 bridgehead atoms. The van der Waals surface area contributed by atoms with Crippen LogP contribution in [0.5, 0.6) is 0 Å². The molecule has 13 nitrogen and oxygen atoms in total. The highest BCUT2D eigenvalue weighted by Gasteiger charge is 2.30. The van der Waals surface area contributed by atoms with Gasteiger partial charge in [-0.05, 0) is 63.2 Å². The number of hydrogen-bond acceptors (Lipinski definition) is 7. The number of carbonyl (C=O) groups excluding carboxylic acids is 2. The minimum Gasteiger partial charge on any atom is -0.481 e. The predicted octanol–water partition coefficient (Wildman–Crippen LogP) is 9.69. The molecule has 0 saturated carbocycles. The van der Waals surface area contributed by atoms with Crippen LogP contribution < -0.4 is 16.0 Å². The summed E-state index contributed by atoms with van der Waals surface area (Å²) in [6.45, 7) is 5.70. The Morgan fingerprint density at radius 1 is 0.426 bits per heavy atom. The molecule has 0 heterocycles. The Morgan fingerprint density at radius 3 is 1.13 bits per heavy atom. The molecule has 0 aromatic heterocycles. The van der Waals surface area contributed by atoms with Crippen molar-refractivity contribution < 1.29 is 49.2 Å². The van der Waals surface area contributed by atoms with Crippen LogP contribution in [-0.2, 0) is 28.8 Å². The molecule has 0 radical (unpaired) electrons. The third-order valence-electron chi connectivity index (χ3n) is 11.3. The number of amides is 2. The summed E-state index contributed by atoms with van der Waals surface area (Å²) in [5, 5.41) is 46.3. The van der Waals surface area contributed by atoms with Gasteiger partial charge in [0, 0.05) is 39.0 Å². The third-order valence-corrected chi connectivity index (χ3v) is 11.3. The Kier molecular flexibility index (Phi) is 37.9. The lowest BCUT2D eigenvalue weighted by Gasteiger charge is -2.24. The van der Waals surface area contributed by atoms with Gasteiger partial charge >= 0.3 is 23.9 Å². The Balaban J connectivity index is 5.27. The number of unbranched alkanes of at least 4 members (excludes halogenated alkanes) is 18. The second kappa shape index (κ2) is 40.3. The summed E-state index contributed by atoms with van der Waals surface area (Å²) >= 11 is 0. The van der Waals surface area contributed by atoms with Gasteiger partial charge in [-0.1, -0.05) is 141 Å². The van der Waals surface area contributed by atoms with Gasteiger partial charge in [-0.25, -0.2) is 0 Å². The van der Waals surface area contributed by atoms with E-state index in [0.717, 1.165) is 128 Å². The zero-order chi connectivity index (χ0) is 45.4. The van der Waals surface area contributed by atoms with Crippen LogP contribution in [0.2, 0.25) is 0 Å². The minimum absolute atomic E-state index is 0.171. The molecule has 0 spiro atoms. The molecule has 4 atom stereocenters. The number of carboxylic acid groups (broad SMARTS) is 4. The maximum Gasteiger partial charge on any atom is 0.304 e. The summed E-state index contributed by atoms with van der Waals surface area (Å²) in [6.07, 6.45) is 30.6. The molecule has 0 aromatic carbocycles. The molecule has 352 valence electrons. The van der Waals surface area contributed by atoms with Gasteiger partial charge in [0.2, 0.25) is 11.8 Å². The SMILES string of the molecule is CCCCCCCCC(/C=C\CCCCCCC(=O)O)C(CC(=O)O)C(=O)NCCNCCNC(=O)C(CC(=O)O)C(/C=C\CCCCCCC(=O)O)CCCCCCCC. The molecule has 4 unspecified atom stereocenters. The van der Waals surface area contributed by atoms with Crippen molar-refractivity contribution in [2.45, 2.75) is 194 Å². The van der Waals surface area contributed by atoms with Crippen LogP contribution >= 0.6 is 0 Å². The number of allylic oxidation sites excluding steroid dienone is 4. The molecule has 0 aliphatic heterocycles. The lowest BCUT2D eigenvalue weighted by atomic mass is 9.84. The van der Waals surface area contributed by atoms with Crippen LogP contribution in [0, 0.1) is 23.7 Å². The number of carboxylic acids is 4. The van der Waals surface area contributed by atoms with E-state index in [1.54, 1.807) is 0 Å². The van der Waals surface area contributed by atoms with Crippen molar-refractivity contribution in [3.05, 3.63) is 24.3 Å². The monoisotopic (exact) mass is 864 g/mol. The van der Waals surface area contributed by atoms with Crippen molar-refractivity contribution in [2.24, 2.45) is 23.7 Å². The van der Waals surface area contributed by atoms with E-state index in [9.17, 15) is 39.0 Å². The number of carbonyl (C=O) groups is 6. The highest BCUT2D eigenvalue weighted by Crippen LogP contribution is 2.27. The van der Waals surface area contributed by atoms with Gasteiger partial charge in [0.15, 0.2) is 0 Å². The molecule has 0 saturated heterocycles. The van der Waals surface area contributed by atoms with Crippen molar-refractivity contribution in [2.75, 3.05) is 26.2 Å². The largest absolute Gasteiger partial charge is 0.481 e. The molecular formula is C48H85N3O10. The van der Waals surface area contributed by atoms with Crippen molar-refractivity contribution in [1.29, 1.82) is 0 Å². The van der Waals surface area contributed by atoms with Crippen LogP contribution in [0.4, 0.5) is 0 Å². The molecule has 0 fully saturated rings. The predicted molar refractivity (Wildman–Crippen MR) is 242 cm³/mol. The van der Waals surface area contributed by atoms with Crippen molar-refractivity contribution in [3.63, 3.8) is 0 Å². The van der Waals surface area contributed by atoms with Crippen LogP contribution in [0.15, 0.2) is 24.3 Å². The smallest absolute Gasteiger partial charge is 0.304 e. The van der Waals surface area contributed by atoms with E-state index in [2.05, 4.69) is 29.8 Å². The number of hydrogen-bond donors (Lipinski definition) is 7. The summed E-state index contributed by atoms with van der Waals surface area (Å²) in [4.78, 5) is 72.3. The van der Waals surface area contributed by atoms with E-state index in [-0.39, 0.29) is 62.4 Å². The fourth-order valence-corrected chi connectivity index (χ4v) is 7.70. The maximum absolute atomic E-state index is 13.5. The van der Waals surface area contributed by atoms with E-state index >= 15 is 0 Å². The number of rotatable bonds is 44. The van der Waals surface area contributed by atoms with Gasteiger partial charge in [-0.3, -0.25) is 28.8 Å². The van der Waals surface area contributed by atoms with Gasteiger partial charge in [0.25, 0.3) is 0 Å². The fraction of sp³-hybridized carbons (Fsp3) is 0.792. The Bertz CT molecular complexity index is 1150. The summed E-state index contributed by atoms with van der Waals surface area (Å²) < 4.78 is 0. The number of aliphatic carboxylic acids is 4. The quantitative estimate of drug-likeness (QED) is 0.0226. The van der Waals surface area contributed by atoms with Crippen LogP contribution in [0.25, 0.3) is 0 Å². The van der Waals surface area contributed by atoms with Crippen LogP contribution in [-0.4, -0.2) is 82.3 Å². The molecule has 7 N–H and O–H groups in total. The second-order valence-corrected chi connectivity index (χ2v) is 16.7. The molecule has 0 aliphatic carbocycles. The zero-order valence-electron chi connectivity index (χ0n) is 38.0. The van der Waals surface area contributed by atoms with Crippen molar-refractivity contribution in [1.82, 2.24) is 16.0 Å². The van der Waals surface area contributed by atoms with E-state index in [1.165, 1.54) is 12.8 Å². The minimum atomic E-state index is -1.02. The first-order valence-corrected chi connectivity index (χ1v) is 23.9. The highest BCUT2D eigenvalue weighted by atomic mass is 16.4. The van der Waals surface area contributed by atoms with Gasteiger partial charge in [-0.2, -0.15) is 0 Å². The standard InChI is InChI=1S/C48H85N3O10/c1-3-5-7-9-15-21-27-39(29-23-17-11-13-19-25-31-43(52)53)41(37-45(56)57)47(60)50-35-33-49-34-36-51-48(61)42(38-46(58)59)40(28-22-16-10-8-6-4-2)30-24-18-12-14-20-26-32-44(54)55/h23-24,29-30,39-42,49H,3-22,25-28,31-38H2,1-2H3,(H,50,60)(H,51,61)(H,52,53)(H,54,55)(H,56,57)(H,58,59)/b29-23-,30-24-. The summed E-state index contributed by atoms with van der Waals surface area (Å²) in [5.41, 5.74) is 0. The van der Waals surface area contributed by atoms with E-state index in [0.29, 0.717) is 25.9 Å². The van der Waals surface area contributed by atoms with Crippen LogP contribution in [0.1, 0.15) is 194 Å². The van der Waals surface area contributed by atoms with Gasteiger partial charge in [0.1, 0.15) is 0 Å².